The van der Waals surface area contributed by atoms with E-state index in [4.69, 9.17) is 5.73 Å². The number of piperidine rings is 1. The molecule has 1 amide bonds. The predicted molar refractivity (Wildman–Crippen MR) is 84.0 cm³/mol. The number of pyridine rings is 1. The minimum absolute atomic E-state index is 0.111. The number of hydrogen-bond donors (Lipinski definition) is 1. The predicted octanol–water partition coefficient (Wildman–Crippen LogP) is 2.44. The molecule has 2 aromatic rings. The van der Waals surface area contributed by atoms with Crippen molar-refractivity contribution in [2.45, 2.75) is 19.8 Å². The highest BCUT2D eigenvalue weighted by Crippen LogP contribution is 2.30. The van der Waals surface area contributed by atoms with Gasteiger partial charge in [0.25, 0.3) is 5.91 Å². The second-order valence-corrected chi connectivity index (χ2v) is 6.22. The first-order valence-electron chi connectivity index (χ1n) is 7.45. The molecule has 1 aliphatic heterocycles. The summed E-state index contributed by atoms with van der Waals surface area (Å²) in [6, 6.07) is 9.59. The van der Waals surface area contributed by atoms with Crippen molar-refractivity contribution in [1.82, 2.24) is 9.88 Å². The number of nitrogens with zero attached hydrogens (tertiary/aromatic N) is 2. The summed E-state index contributed by atoms with van der Waals surface area (Å²) < 4.78 is 0. The standard InChI is InChI=1S/C17H21N3O/c1-17(12-18)6-9-20(10-7-17)16(21)14-4-5-15-13(11-14)3-2-8-19-15/h2-5,8,11H,6-7,9-10,12,18H2,1H3. The van der Waals surface area contributed by atoms with E-state index in [1.807, 2.05) is 35.2 Å². The molecule has 21 heavy (non-hydrogen) atoms. The molecule has 2 N–H and O–H groups in total. The van der Waals surface area contributed by atoms with Gasteiger partial charge in [-0.25, -0.2) is 0 Å². The highest BCUT2D eigenvalue weighted by atomic mass is 16.2. The Balaban J connectivity index is 1.78. The van der Waals surface area contributed by atoms with Gasteiger partial charge in [0.2, 0.25) is 0 Å². The van der Waals surface area contributed by atoms with Gasteiger partial charge in [0.05, 0.1) is 5.52 Å². The highest BCUT2D eigenvalue weighted by Gasteiger charge is 2.30. The molecule has 0 spiro atoms. The number of hydrogen-bond acceptors (Lipinski definition) is 3. The lowest BCUT2D eigenvalue weighted by atomic mass is 9.80. The van der Waals surface area contributed by atoms with Gasteiger partial charge in [-0.3, -0.25) is 9.78 Å². The van der Waals surface area contributed by atoms with Crippen LogP contribution in [0.15, 0.2) is 36.5 Å². The maximum atomic E-state index is 12.6. The van der Waals surface area contributed by atoms with Gasteiger partial charge in [-0.05, 0) is 49.1 Å². The molecule has 0 atom stereocenters. The number of benzene rings is 1. The van der Waals surface area contributed by atoms with E-state index in [0.29, 0.717) is 6.54 Å². The molecule has 0 unspecified atom stereocenters. The van der Waals surface area contributed by atoms with Crippen LogP contribution in [0, 0.1) is 5.41 Å². The maximum Gasteiger partial charge on any atom is 0.253 e. The van der Waals surface area contributed by atoms with Crippen LogP contribution in [-0.4, -0.2) is 35.4 Å². The Kier molecular flexibility index (Phi) is 3.64. The van der Waals surface area contributed by atoms with E-state index in [1.165, 1.54) is 0 Å². The third-order valence-corrected chi connectivity index (χ3v) is 4.60. The van der Waals surface area contributed by atoms with Crippen molar-refractivity contribution in [3.05, 3.63) is 42.1 Å². The summed E-state index contributed by atoms with van der Waals surface area (Å²) in [5.74, 6) is 0.111. The minimum atomic E-state index is 0.111. The Labute approximate surface area is 125 Å². The number of amides is 1. The normalized spacial score (nSPS) is 17.9. The van der Waals surface area contributed by atoms with Crippen LogP contribution in [0.2, 0.25) is 0 Å². The van der Waals surface area contributed by atoms with Gasteiger partial charge in [0.15, 0.2) is 0 Å². The fourth-order valence-electron chi connectivity index (χ4n) is 2.84. The molecular formula is C17H21N3O. The van der Waals surface area contributed by atoms with Crippen molar-refractivity contribution in [1.29, 1.82) is 0 Å². The fraction of sp³-hybridized carbons (Fsp3) is 0.412. The van der Waals surface area contributed by atoms with Crippen LogP contribution in [0.4, 0.5) is 0 Å². The van der Waals surface area contributed by atoms with E-state index in [2.05, 4.69) is 11.9 Å². The fourth-order valence-corrected chi connectivity index (χ4v) is 2.84. The van der Waals surface area contributed by atoms with E-state index >= 15 is 0 Å². The molecule has 0 saturated carbocycles. The first-order valence-corrected chi connectivity index (χ1v) is 7.45. The molecule has 3 rings (SSSR count). The number of likely N-dealkylation sites (tertiary alicyclic amines) is 1. The van der Waals surface area contributed by atoms with Crippen molar-refractivity contribution in [3.63, 3.8) is 0 Å². The van der Waals surface area contributed by atoms with E-state index in [-0.39, 0.29) is 11.3 Å². The molecule has 1 aromatic carbocycles. The van der Waals surface area contributed by atoms with Gasteiger partial charge in [0, 0.05) is 30.2 Å². The number of fused-ring (bicyclic) bond motifs is 1. The topological polar surface area (TPSA) is 59.2 Å². The Hall–Kier alpha value is -1.94. The molecule has 0 bridgehead atoms. The quantitative estimate of drug-likeness (QED) is 0.921. The van der Waals surface area contributed by atoms with Gasteiger partial charge in [-0.15, -0.1) is 0 Å². The Morgan fingerprint density at radius 1 is 1.33 bits per heavy atom. The van der Waals surface area contributed by atoms with Gasteiger partial charge in [0.1, 0.15) is 0 Å². The molecule has 0 radical (unpaired) electrons. The molecule has 1 saturated heterocycles. The van der Waals surface area contributed by atoms with Gasteiger partial charge in [-0.1, -0.05) is 13.0 Å². The Bertz CT molecular complexity index is 660. The number of aromatic nitrogens is 1. The number of rotatable bonds is 2. The van der Waals surface area contributed by atoms with Crippen LogP contribution in [0.5, 0.6) is 0 Å². The van der Waals surface area contributed by atoms with Crippen molar-refractivity contribution in [3.8, 4) is 0 Å². The lowest BCUT2D eigenvalue weighted by Gasteiger charge is -2.38. The summed E-state index contributed by atoms with van der Waals surface area (Å²) in [6.07, 6.45) is 3.72. The van der Waals surface area contributed by atoms with Crippen molar-refractivity contribution in [2.75, 3.05) is 19.6 Å². The Morgan fingerprint density at radius 2 is 2.10 bits per heavy atom. The third-order valence-electron chi connectivity index (χ3n) is 4.60. The second kappa shape index (κ2) is 5.45. The van der Waals surface area contributed by atoms with Gasteiger partial charge >= 0.3 is 0 Å². The largest absolute Gasteiger partial charge is 0.339 e. The lowest BCUT2D eigenvalue weighted by molar-refractivity contribution is 0.0618. The lowest BCUT2D eigenvalue weighted by Crippen LogP contribution is -2.44. The summed E-state index contributed by atoms with van der Waals surface area (Å²) in [5.41, 5.74) is 7.67. The molecule has 1 fully saturated rings. The summed E-state index contributed by atoms with van der Waals surface area (Å²) in [7, 11) is 0. The number of nitrogens with two attached hydrogens (primary N) is 1. The first-order chi connectivity index (χ1) is 10.1. The minimum Gasteiger partial charge on any atom is -0.339 e. The van der Waals surface area contributed by atoms with Crippen LogP contribution in [0.25, 0.3) is 10.9 Å². The van der Waals surface area contributed by atoms with E-state index in [1.54, 1.807) is 6.20 Å². The molecule has 1 aliphatic rings. The molecule has 110 valence electrons. The number of carbonyl (C=O) groups is 1. The van der Waals surface area contributed by atoms with Crippen LogP contribution in [0.3, 0.4) is 0 Å². The molecular weight excluding hydrogens is 262 g/mol. The smallest absolute Gasteiger partial charge is 0.253 e. The van der Waals surface area contributed by atoms with Crippen LogP contribution >= 0.6 is 0 Å². The zero-order chi connectivity index (χ0) is 14.9. The summed E-state index contributed by atoms with van der Waals surface area (Å²) in [6.45, 7) is 4.47. The summed E-state index contributed by atoms with van der Waals surface area (Å²) >= 11 is 0. The van der Waals surface area contributed by atoms with E-state index in [0.717, 1.165) is 42.4 Å². The van der Waals surface area contributed by atoms with Crippen LogP contribution in [-0.2, 0) is 0 Å². The monoisotopic (exact) mass is 283 g/mol. The maximum absolute atomic E-state index is 12.6. The molecule has 4 heteroatoms. The van der Waals surface area contributed by atoms with Crippen LogP contribution in [0.1, 0.15) is 30.1 Å². The van der Waals surface area contributed by atoms with Crippen molar-refractivity contribution in [2.24, 2.45) is 11.1 Å². The average molecular weight is 283 g/mol. The molecule has 1 aromatic heterocycles. The first kappa shape index (κ1) is 14.0. The zero-order valence-corrected chi connectivity index (χ0v) is 12.4. The van der Waals surface area contributed by atoms with E-state index in [9.17, 15) is 4.79 Å². The third kappa shape index (κ3) is 2.76. The summed E-state index contributed by atoms with van der Waals surface area (Å²) in [5, 5.41) is 1.01. The highest BCUT2D eigenvalue weighted by molar-refractivity contribution is 5.98. The molecule has 0 aliphatic carbocycles. The second-order valence-electron chi connectivity index (χ2n) is 6.22. The zero-order valence-electron chi connectivity index (χ0n) is 12.4. The number of carbonyl (C=O) groups excluding carboxylic acids is 1. The van der Waals surface area contributed by atoms with Gasteiger partial charge < -0.3 is 10.6 Å². The van der Waals surface area contributed by atoms with E-state index < -0.39 is 0 Å². The molecule has 2 heterocycles. The average Bonchev–Trinajstić information content (AvgIpc) is 2.54. The SMILES string of the molecule is CC1(CN)CCN(C(=O)c2ccc3ncccc3c2)CC1. The van der Waals surface area contributed by atoms with Crippen LogP contribution < -0.4 is 5.73 Å². The Morgan fingerprint density at radius 3 is 2.81 bits per heavy atom. The van der Waals surface area contributed by atoms with Crippen molar-refractivity contribution < 1.29 is 4.79 Å². The molecule has 4 nitrogen and oxygen atoms in total. The summed E-state index contributed by atoms with van der Waals surface area (Å²) in [4.78, 5) is 18.8. The van der Waals surface area contributed by atoms with Crippen molar-refractivity contribution >= 4 is 16.8 Å². The van der Waals surface area contributed by atoms with Gasteiger partial charge in [-0.2, -0.15) is 0 Å².